The van der Waals surface area contributed by atoms with Crippen LogP contribution >= 0.6 is 0 Å². The summed E-state index contributed by atoms with van der Waals surface area (Å²) >= 11 is 0. The molecule has 3 radical (unpaired) electrons. The Hall–Kier alpha value is 0.326. The predicted octanol–water partition coefficient (Wildman–Crippen LogP) is 15.4. The van der Waals surface area contributed by atoms with Crippen LogP contribution in [0.1, 0.15) is 255 Å². The molecule has 4 spiro atoms. The molecule has 10 aliphatic carbocycles. The van der Waals surface area contributed by atoms with Gasteiger partial charge in [0.1, 0.15) is 0 Å². The molecule has 12 heteroatoms. The first-order valence-corrected chi connectivity index (χ1v) is 41.9. The van der Waals surface area contributed by atoms with E-state index < -0.39 is 27.8 Å². The molecule has 0 aromatic rings. The Morgan fingerprint density at radius 2 is 0.897 bits per heavy atom. The van der Waals surface area contributed by atoms with Gasteiger partial charge < -0.3 is 34.3 Å². The van der Waals surface area contributed by atoms with Gasteiger partial charge in [0.25, 0.3) is 0 Å². The molecular formula is C75H133BLiO8Si2. The molecule has 0 amide bonds. The molecular weight excluding hydrogens is 1100 g/mol. The van der Waals surface area contributed by atoms with E-state index in [1.165, 1.54) is 128 Å². The van der Waals surface area contributed by atoms with Crippen molar-refractivity contribution < 1.29 is 58.0 Å². The van der Waals surface area contributed by atoms with Crippen molar-refractivity contribution in [2.45, 2.75) is 326 Å². The molecule has 10 saturated carbocycles. The van der Waals surface area contributed by atoms with E-state index in [1.54, 1.807) is 0 Å². The van der Waals surface area contributed by atoms with Crippen molar-refractivity contribution >= 4 is 31.0 Å². The second kappa shape index (κ2) is 23.9. The smallest absolute Gasteiger partial charge is 1.00 e. The summed E-state index contributed by atoms with van der Waals surface area (Å²) < 4.78 is 40.1. The van der Waals surface area contributed by atoms with Crippen LogP contribution < -0.4 is 18.9 Å². The number of carbonyl (C=O) groups is 1. The van der Waals surface area contributed by atoms with E-state index in [4.69, 9.17) is 27.8 Å². The third-order valence-corrected chi connectivity index (χ3v) is 42.7. The van der Waals surface area contributed by atoms with Gasteiger partial charge in [-0.25, -0.2) is 4.79 Å². The van der Waals surface area contributed by atoms with E-state index in [9.17, 15) is 9.90 Å². The number of aliphatic hydroxyl groups excluding tert-OH is 1. The molecule has 3 saturated heterocycles. The maximum Gasteiger partial charge on any atom is 1.00 e. The van der Waals surface area contributed by atoms with E-state index in [2.05, 4.69) is 132 Å². The van der Waals surface area contributed by atoms with Gasteiger partial charge in [0.2, 0.25) is 0 Å². The number of carbonyl (C=O) groups excluding carboxylic acids is 1. The molecule has 3 aliphatic heterocycles. The second-order valence-corrected chi connectivity index (χ2v) is 45.5. The number of fused-ring (bicyclic) bond motifs is 8. The van der Waals surface area contributed by atoms with E-state index in [-0.39, 0.29) is 87.4 Å². The van der Waals surface area contributed by atoms with Crippen LogP contribution in [0, 0.1) is 113 Å². The van der Waals surface area contributed by atoms with Crippen molar-refractivity contribution in [2.75, 3.05) is 26.9 Å². The zero-order valence-corrected chi connectivity index (χ0v) is 62.6. The third kappa shape index (κ3) is 9.64. The Kier molecular flexibility index (Phi) is 19.6. The summed E-state index contributed by atoms with van der Waals surface area (Å²) in [6, 6.07) is 7.04. The molecule has 24 atom stereocenters. The fourth-order valence-electron chi connectivity index (χ4n) is 27.5. The first-order chi connectivity index (χ1) is 39.8. The van der Waals surface area contributed by atoms with Crippen LogP contribution in [0.25, 0.3) is 0 Å². The minimum absolute atomic E-state index is 0. The van der Waals surface area contributed by atoms with Gasteiger partial charge in [0, 0.05) is 32.5 Å². The maximum absolute atomic E-state index is 13.2. The van der Waals surface area contributed by atoms with Crippen LogP contribution in [-0.2, 0) is 32.6 Å². The number of rotatable bonds is 12. The summed E-state index contributed by atoms with van der Waals surface area (Å²) in [5.74, 6) is 6.51. The Morgan fingerprint density at radius 3 is 1.25 bits per heavy atom. The van der Waals surface area contributed by atoms with Gasteiger partial charge in [-0.3, -0.25) is 0 Å². The van der Waals surface area contributed by atoms with Crippen LogP contribution in [0.4, 0.5) is 0 Å². The van der Waals surface area contributed by atoms with Crippen LogP contribution in [0.15, 0.2) is 0 Å². The Balaban J connectivity index is 0.000000204. The molecule has 8 nitrogen and oxygen atoms in total. The summed E-state index contributed by atoms with van der Waals surface area (Å²) in [7, 11) is -2.31. The molecule has 0 bridgehead atoms. The number of aliphatic hydroxyl groups is 1. The SMILES string of the molecule is C1CCOC1.CC[Si](CC)(CC)O[C@H]1C2O[C@@](C)(C(=O)OC)C[C@@H](C)C2[C@@]2(C)CCC34C[C@@]35CCC(C)C(C)(C)[C@@H]5CC[C@H]4[C@]12C.CC[Si](CC)(CC)O[C@H]1C2O[C@@](C)(CO)C[C@@H](C)C2[C@@]2(C)CCC34C[C@@]35CCC(C)C(C)(C)[C@@H]5CC[C@H]4[C@]12C.[B].[H-].[Li+]. The largest absolute Gasteiger partial charge is 1.00 e. The summed E-state index contributed by atoms with van der Waals surface area (Å²) in [5, 5.41) is 10.5. The first-order valence-electron chi connectivity index (χ1n) is 36.8. The molecule has 3 heterocycles. The van der Waals surface area contributed by atoms with Gasteiger partial charge >= 0.3 is 24.8 Å². The van der Waals surface area contributed by atoms with Gasteiger partial charge in [-0.05, 0) is 268 Å². The molecule has 13 rings (SSSR count). The van der Waals surface area contributed by atoms with Gasteiger partial charge in [0.05, 0.1) is 43.7 Å². The summed E-state index contributed by atoms with van der Waals surface area (Å²) in [4.78, 5) is 13.2. The number of hydrogen-bond donors (Lipinski definition) is 1. The van der Waals surface area contributed by atoms with Gasteiger partial charge in [-0.1, -0.05) is 125 Å². The fraction of sp³-hybridized carbons (Fsp3) is 0.987. The van der Waals surface area contributed by atoms with Crippen molar-refractivity contribution in [1.29, 1.82) is 0 Å². The molecule has 13 fully saturated rings. The molecule has 8 unspecified atom stereocenters. The Labute approximate surface area is 551 Å². The third-order valence-electron chi connectivity index (χ3n) is 33.5. The van der Waals surface area contributed by atoms with Crippen molar-refractivity contribution in [2.24, 2.45) is 113 Å². The molecule has 87 heavy (non-hydrogen) atoms. The summed E-state index contributed by atoms with van der Waals surface area (Å²) in [5.41, 5.74) is 2.23. The zero-order chi connectivity index (χ0) is 62.0. The van der Waals surface area contributed by atoms with Gasteiger partial charge in [-0.15, -0.1) is 0 Å². The predicted molar refractivity (Wildman–Crippen MR) is 358 cm³/mol. The van der Waals surface area contributed by atoms with Crippen molar-refractivity contribution in [3.8, 4) is 0 Å². The van der Waals surface area contributed by atoms with Gasteiger partial charge in [-0.2, -0.15) is 0 Å². The zero-order valence-electron chi connectivity index (χ0n) is 61.6. The maximum atomic E-state index is 13.2. The van der Waals surface area contributed by atoms with E-state index >= 15 is 0 Å². The average Bonchev–Trinajstić information content (AvgIpc) is 1.56. The number of hydrogen-bond acceptors (Lipinski definition) is 8. The normalized spacial score (nSPS) is 51.4. The standard InChI is InChI=1S/C36H62O4Si.C35H62O3Si.C4H8O.B.Li.H/c1-12-41(13-2,14-3)40-29-28-27(23(4)21-33(9,39-28)30(37)38-11)32(8)19-20-36-22-35(36)18-17-24(5)31(6,7)25(35)15-16-26(36)34(29,32)10;1-11-39(12-2,13-3)38-29-28-27(23(4)20-31(8,22-36)37-28)32(9)18-19-35-21-34(35)17-16-24(5)30(6,7)25(34)14-15-26(35)33(29,32)10;1-2-4-5-3-1;;;/h23-29H,12-22H2,1-11H3;23-29,36H,11-22H2,1-10H3;1-4H2;;;/q;;;;+1;-1/t23-,24?,25+,26+,27?,28?,29+,32-,33-,34-,35-,36?;23-,24?,25+,26+,27?,28?,29+,31-,32-,33-,34-,35?;;;;/m11..../s1. The van der Waals surface area contributed by atoms with Crippen LogP contribution in [0.2, 0.25) is 36.3 Å². The first kappa shape index (κ1) is 71.6. The van der Waals surface area contributed by atoms with Crippen LogP contribution in [0.5, 0.6) is 0 Å². The quantitative estimate of drug-likeness (QED) is 0.153. The van der Waals surface area contributed by atoms with Gasteiger partial charge in [0.15, 0.2) is 22.2 Å². The van der Waals surface area contributed by atoms with Crippen LogP contribution in [-0.4, -0.2) is 98.7 Å². The van der Waals surface area contributed by atoms with E-state index in [0.717, 1.165) is 73.8 Å². The number of ether oxygens (including phenoxy) is 4. The van der Waals surface area contributed by atoms with Crippen molar-refractivity contribution in [1.82, 2.24) is 0 Å². The average molecular weight is 1240 g/mol. The monoisotopic (exact) mass is 1240 g/mol. The minimum atomic E-state index is -1.95. The summed E-state index contributed by atoms with van der Waals surface area (Å²) in [6.45, 7) is 51.7. The number of methoxy groups -OCH3 is 1. The number of esters is 1. The minimum Gasteiger partial charge on any atom is -1.00 e. The van der Waals surface area contributed by atoms with Crippen molar-refractivity contribution in [3.05, 3.63) is 0 Å². The molecule has 0 aromatic carbocycles. The van der Waals surface area contributed by atoms with E-state index in [0.29, 0.717) is 62.1 Å². The molecule has 493 valence electrons. The van der Waals surface area contributed by atoms with Crippen LogP contribution in [0.3, 0.4) is 0 Å². The molecule has 0 aromatic heterocycles. The Bertz CT molecular complexity index is 2450. The van der Waals surface area contributed by atoms with E-state index in [1.807, 2.05) is 6.92 Å². The molecule has 1 N–H and O–H groups in total. The second-order valence-electron chi connectivity index (χ2n) is 36.1. The Morgan fingerprint density at radius 1 is 0.529 bits per heavy atom. The summed E-state index contributed by atoms with van der Waals surface area (Å²) in [6.07, 6.45) is 24.2. The molecule has 13 aliphatic rings. The van der Waals surface area contributed by atoms with Crippen molar-refractivity contribution in [3.63, 3.8) is 0 Å². The topological polar surface area (TPSA) is 92.7 Å². The fourth-order valence-corrected chi connectivity index (χ4v) is 33.4.